The number of benzene rings is 1. The number of unbranched alkanes of at least 4 members (excludes halogenated alkanes) is 1. The molecule has 2 N–H and O–H groups in total. The van der Waals surface area contributed by atoms with E-state index >= 15 is 0 Å². The molecule has 0 aliphatic heterocycles. The van der Waals surface area contributed by atoms with Crippen LogP contribution < -0.4 is 4.72 Å². The van der Waals surface area contributed by atoms with Crippen molar-refractivity contribution in [3.63, 3.8) is 0 Å². The minimum absolute atomic E-state index is 0.194. The van der Waals surface area contributed by atoms with Gasteiger partial charge in [-0.2, -0.15) is 0 Å². The maximum Gasteiger partial charge on any atom is 0.240 e. The predicted octanol–water partition coefficient (Wildman–Crippen LogP) is 0.650. The van der Waals surface area contributed by atoms with Crippen molar-refractivity contribution in [3.05, 3.63) is 29.8 Å². The highest BCUT2D eigenvalue weighted by molar-refractivity contribution is 7.89. The second-order valence-electron chi connectivity index (χ2n) is 4.90. The van der Waals surface area contributed by atoms with Crippen molar-refractivity contribution < 1.29 is 13.5 Å². The first-order valence-electron chi connectivity index (χ1n) is 6.80. The Morgan fingerprint density at radius 3 is 2.71 bits per heavy atom. The molecule has 0 aromatic heterocycles. The number of aliphatic hydroxyl groups is 1. The zero-order valence-corrected chi connectivity index (χ0v) is 13.3. The van der Waals surface area contributed by atoms with E-state index in [0.717, 1.165) is 19.4 Å². The van der Waals surface area contributed by atoms with E-state index in [1.165, 1.54) is 12.1 Å². The molecule has 0 saturated carbocycles. The van der Waals surface area contributed by atoms with Crippen LogP contribution in [0.3, 0.4) is 0 Å². The smallest absolute Gasteiger partial charge is 0.240 e. The zero-order chi connectivity index (χ0) is 15.7. The lowest BCUT2D eigenvalue weighted by molar-refractivity contribution is 0.350. The Balaban J connectivity index is 2.61. The Morgan fingerprint density at radius 1 is 1.29 bits per heavy atom. The molecule has 1 rings (SSSR count). The summed E-state index contributed by atoms with van der Waals surface area (Å²) in [4.78, 5) is 2.26. The van der Waals surface area contributed by atoms with Gasteiger partial charge in [0.25, 0.3) is 0 Å². The van der Waals surface area contributed by atoms with Crippen LogP contribution in [0.1, 0.15) is 18.4 Å². The first-order chi connectivity index (χ1) is 9.95. The van der Waals surface area contributed by atoms with Crippen LogP contribution in [0.25, 0.3) is 0 Å². The zero-order valence-electron chi connectivity index (χ0n) is 12.5. The molecule has 6 heteroatoms. The summed E-state index contributed by atoms with van der Waals surface area (Å²) in [6.07, 6.45) is 1.74. The van der Waals surface area contributed by atoms with Gasteiger partial charge < -0.3 is 10.0 Å². The quantitative estimate of drug-likeness (QED) is 0.573. The third-order valence-corrected chi connectivity index (χ3v) is 4.24. The molecule has 0 amide bonds. The van der Waals surface area contributed by atoms with Gasteiger partial charge in [0.2, 0.25) is 10.0 Å². The molecular weight excluding hydrogens is 288 g/mol. The minimum Gasteiger partial charge on any atom is -0.384 e. The van der Waals surface area contributed by atoms with E-state index in [2.05, 4.69) is 21.5 Å². The normalized spacial score (nSPS) is 11.2. The molecule has 1 aromatic carbocycles. The van der Waals surface area contributed by atoms with Gasteiger partial charge in [-0.15, -0.1) is 0 Å². The first kappa shape index (κ1) is 17.7. The lowest BCUT2D eigenvalue weighted by Crippen LogP contribution is -2.25. The van der Waals surface area contributed by atoms with Crippen LogP contribution in [0.2, 0.25) is 0 Å². The van der Waals surface area contributed by atoms with Crippen molar-refractivity contribution >= 4 is 10.0 Å². The predicted molar refractivity (Wildman–Crippen MR) is 83.4 cm³/mol. The highest BCUT2D eigenvalue weighted by atomic mass is 32.2. The molecular formula is C15H22N2O3S. The van der Waals surface area contributed by atoms with Crippen LogP contribution >= 0.6 is 0 Å². The molecule has 5 nitrogen and oxygen atoms in total. The molecule has 0 aliphatic carbocycles. The van der Waals surface area contributed by atoms with E-state index < -0.39 is 10.0 Å². The summed E-state index contributed by atoms with van der Waals surface area (Å²) in [5.74, 6) is 5.20. The van der Waals surface area contributed by atoms with E-state index in [9.17, 15) is 8.42 Å². The topological polar surface area (TPSA) is 69.6 Å². The van der Waals surface area contributed by atoms with E-state index in [1.807, 2.05) is 14.1 Å². The number of hydrogen-bond donors (Lipinski definition) is 2. The fraction of sp³-hybridized carbons (Fsp3) is 0.467. The van der Waals surface area contributed by atoms with Gasteiger partial charge in [0, 0.05) is 12.1 Å². The molecule has 0 atom stereocenters. The summed E-state index contributed by atoms with van der Waals surface area (Å²) >= 11 is 0. The number of nitrogens with one attached hydrogen (secondary N) is 1. The van der Waals surface area contributed by atoms with E-state index in [0.29, 0.717) is 12.1 Å². The monoisotopic (exact) mass is 310 g/mol. The third kappa shape index (κ3) is 6.74. The molecule has 0 radical (unpaired) electrons. The summed E-state index contributed by atoms with van der Waals surface area (Å²) in [6, 6.07) is 6.39. The van der Waals surface area contributed by atoms with Crippen molar-refractivity contribution in [2.45, 2.75) is 17.7 Å². The van der Waals surface area contributed by atoms with Crippen LogP contribution in [-0.4, -0.2) is 52.2 Å². The third-order valence-electron chi connectivity index (χ3n) is 2.78. The minimum atomic E-state index is -3.50. The first-order valence-corrected chi connectivity index (χ1v) is 8.28. The molecule has 21 heavy (non-hydrogen) atoms. The van der Waals surface area contributed by atoms with E-state index in [-0.39, 0.29) is 11.5 Å². The van der Waals surface area contributed by atoms with Gasteiger partial charge >= 0.3 is 0 Å². The summed E-state index contributed by atoms with van der Waals surface area (Å²) < 4.78 is 26.9. The lowest BCUT2D eigenvalue weighted by atomic mass is 10.2. The standard InChI is InChI=1S/C15H22N2O3S/c1-17(2)11-4-3-10-16-21(19,20)15-9-5-7-14(13-15)8-6-12-18/h5,7,9,13,16,18H,3-4,10-12H2,1-2H3. The number of rotatable bonds is 7. The number of hydrogen-bond acceptors (Lipinski definition) is 4. The summed E-state index contributed by atoms with van der Waals surface area (Å²) in [5.41, 5.74) is 0.569. The fourth-order valence-electron chi connectivity index (χ4n) is 1.73. The van der Waals surface area contributed by atoms with Gasteiger partial charge in [-0.05, 0) is 51.7 Å². The summed E-state index contributed by atoms with van der Waals surface area (Å²) in [5, 5.41) is 8.65. The highest BCUT2D eigenvalue weighted by Gasteiger charge is 2.13. The second kappa shape index (κ2) is 8.80. The fourth-order valence-corrected chi connectivity index (χ4v) is 2.85. The summed E-state index contributed by atoms with van der Waals surface area (Å²) in [6.45, 7) is 1.11. The maximum absolute atomic E-state index is 12.1. The van der Waals surface area contributed by atoms with E-state index in [4.69, 9.17) is 5.11 Å². The van der Waals surface area contributed by atoms with Gasteiger partial charge in [-0.1, -0.05) is 17.9 Å². The molecule has 1 aromatic rings. The highest BCUT2D eigenvalue weighted by Crippen LogP contribution is 2.10. The molecule has 0 saturated heterocycles. The maximum atomic E-state index is 12.1. The van der Waals surface area contributed by atoms with Gasteiger partial charge in [0.05, 0.1) is 4.90 Å². The van der Waals surface area contributed by atoms with Crippen molar-refractivity contribution in [1.82, 2.24) is 9.62 Å². The molecule has 0 bridgehead atoms. The van der Waals surface area contributed by atoms with Crippen molar-refractivity contribution in [1.29, 1.82) is 0 Å². The van der Waals surface area contributed by atoms with Gasteiger partial charge in [-0.3, -0.25) is 0 Å². The van der Waals surface area contributed by atoms with Crippen molar-refractivity contribution in [2.75, 3.05) is 33.8 Å². The average molecular weight is 310 g/mol. The van der Waals surface area contributed by atoms with Gasteiger partial charge in [-0.25, -0.2) is 13.1 Å². The number of aliphatic hydroxyl groups excluding tert-OH is 1. The average Bonchev–Trinajstić information content (AvgIpc) is 2.44. The van der Waals surface area contributed by atoms with Crippen LogP contribution in [-0.2, 0) is 10.0 Å². The van der Waals surface area contributed by atoms with Gasteiger partial charge in [0.15, 0.2) is 0 Å². The SMILES string of the molecule is CN(C)CCCCNS(=O)(=O)c1cccc(C#CCO)c1. The molecule has 0 spiro atoms. The summed E-state index contributed by atoms with van der Waals surface area (Å²) in [7, 11) is 0.476. The van der Waals surface area contributed by atoms with Crippen LogP contribution in [0, 0.1) is 11.8 Å². The molecule has 0 aliphatic rings. The molecule has 0 fully saturated rings. The van der Waals surface area contributed by atoms with Crippen molar-refractivity contribution in [2.24, 2.45) is 0 Å². The molecule has 0 heterocycles. The second-order valence-corrected chi connectivity index (χ2v) is 6.66. The van der Waals surface area contributed by atoms with Crippen LogP contribution in [0.15, 0.2) is 29.2 Å². The Kier molecular flexibility index (Phi) is 7.40. The Morgan fingerprint density at radius 2 is 2.05 bits per heavy atom. The van der Waals surface area contributed by atoms with E-state index in [1.54, 1.807) is 12.1 Å². The Bertz CT molecular complexity index is 601. The van der Waals surface area contributed by atoms with Crippen molar-refractivity contribution in [3.8, 4) is 11.8 Å². The van der Waals surface area contributed by atoms with Crippen LogP contribution in [0.4, 0.5) is 0 Å². The number of sulfonamides is 1. The lowest BCUT2D eigenvalue weighted by Gasteiger charge is -2.10. The Hall–Kier alpha value is -1.39. The Labute approximate surface area is 127 Å². The largest absolute Gasteiger partial charge is 0.384 e. The van der Waals surface area contributed by atoms with Gasteiger partial charge in [0.1, 0.15) is 6.61 Å². The number of nitrogens with zero attached hydrogens (tertiary/aromatic N) is 1. The molecule has 116 valence electrons. The van der Waals surface area contributed by atoms with Crippen LogP contribution in [0.5, 0.6) is 0 Å². The molecule has 0 unspecified atom stereocenters.